The molecule has 2 aliphatic rings. The van der Waals surface area contributed by atoms with Crippen molar-refractivity contribution in [3.8, 4) is 0 Å². The van der Waals surface area contributed by atoms with E-state index in [0.717, 1.165) is 0 Å². The van der Waals surface area contributed by atoms with Crippen LogP contribution in [0.3, 0.4) is 0 Å². The monoisotopic (exact) mass is 421 g/mol. The second kappa shape index (κ2) is 8.55. The molecule has 0 aliphatic carbocycles. The van der Waals surface area contributed by atoms with Crippen LogP contribution in [0.2, 0.25) is 5.02 Å². The molecule has 1 amide bonds. The quantitative estimate of drug-likeness (QED) is 0.734. The second-order valence-electron chi connectivity index (χ2n) is 7.61. The van der Waals surface area contributed by atoms with Gasteiger partial charge in [-0.2, -0.15) is 13.2 Å². The molecule has 2 atom stereocenters. The van der Waals surface area contributed by atoms with Crippen molar-refractivity contribution >= 4 is 23.2 Å². The minimum absolute atomic E-state index is 0.00978. The van der Waals surface area contributed by atoms with Gasteiger partial charge in [0.05, 0.1) is 17.6 Å². The summed E-state index contributed by atoms with van der Waals surface area (Å²) >= 11 is 5.70. The molecule has 2 saturated heterocycles. The summed E-state index contributed by atoms with van der Waals surface area (Å²) in [5.41, 5.74) is 0.476. The van der Waals surface area contributed by atoms with Gasteiger partial charge in [-0.05, 0) is 63.4 Å². The third-order valence-electron chi connectivity index (χ3n) is 5.63. The summed E-state index contributed by atoms with van der Waals surface area (Å²) in [7, 11) is 0. The Labute approximate surface area is 166 Å². The molecule has 156 valence electrons. The van der Waals surface area contributed by atoms with E-state index in [-0.39, 0.29) is 28.9 Å². The van der Waals surface area contributed by atoms with Gasteiger partial charge in [0.2, 0.25) is 5.91 Å². The van der Waals surface area contributed by atoms with Crippen LogP contribution in [0, 0.1) is 11.7 Å². The summed E-state index contributed by atoms with van der Waals surface area (Å²) in [5, 5.41) is 3.35. The molecule has 0 radical (unpaired) electrons. The maximum atomic E-state index is 13.7. The Hall–Kier alpha value is -1.38. The lowest BCUT2D eigenvalue weighted by Gasteiger charge is -2.36. The highest BCUT2D eigenvalue weighted by Gasteiger charge is 2.37. The Morgan fingerprint density at radius 3 is 2.50 bits per heavy atom. The molecule has 9 heteroatoms. The average molecular weight is 422 g/mol. The van der Waals surface area contributed by atoms with Crippen molar-refractivity contribution in [3.05, 3.63) is 29.0 Å². The molecule has 4 nitrogen and oxygen atoms in total. The maximum absolute atomic E-state index is 13.7. The third kappa shape index (κ3) is 5.15. The normalized spacial score (nSPS) is 23.4. The van der Waals surface area contributed by atoms with Crippen LogP contribution in [0.4, 0.5) is 23.2 Å². The van der Waals surface area contributed by atoms with E-state index >= 15 is 0 Å². The Bertz CT molecular complexity index is 707. The number of carbonyl (C=O) groups is 1. The topological polar surface area (TPSA) is 35.6 Å². The van der Waals surface area contributed by atoms with Gasteiger partial charge in [-0.25, -0.2) is 4.39 Å². The SMILES string of the molecule is C[C@@H](N[C@H]1CCN(c2ccc(Cl)c(F)c2)C1=O)C1CCN(CC(F)(F)F)CC1. The van der Waals surface area contributed by atoms with Gasteiger partial charge in [-0.1, -0.05) is 11.6 Å². The number of piperidine rings is 1. The van der Waals surface area contributed by atoms with Crippen molar-refractivity contribution in [2.24, 2.45) is 5.92 Å². The fourth-order valence-corrected chi connectivity index (χ4v) is 4.18. The van der Waals surface area contributed by atoms with Gasteiger partial charge in [0, 0.05) is 18.3 Å². The molecule has 3 rings (SSSR count). The molecule has 1 aromatic rings. The lowest BCUT2D eigenvalue weighted by Crippen LogP contribution is -2.49. The van der Waals surface area contributed by atoms with Crippen molar-refractivity contribution in [1.29, 1.82) is 0 Å². The number of benzene rings is 1. The van der Waals surface area contributed by atoms with Gasteiger partial charge in [0.1, 0.15) is 5.82 Å². The number of alkyl halides is 3. The van der Waals surface area contributed by atoms with Crippen LogP contribution in [0.25, 0.3) is 0 Å². The predicted octanol–water partition coefficient (Wildman–Crippen LogP) is 3.84. The van der Waals surface area contributed by atoms with Crippen LogP contribution in [0.1, 0.15) is 26.2 Å². The number of hydrogen-bond donors (Lipinski definition) is 1. The molecule has 28 heavy (non-hydrogen) atoms. The number of nitrogens with one attached hydrogen (secondary N) is 1. The first-order valence-corrected chi connectivity index (χ1v) is 9.83. The maximum Gasteiger partial charge on any atom is 0.401 e. The number of anilines is 1. The molecule has 0 bridgehead atoms. The van der Waals surface area contributed by atoms with Crippen molar-refractivity contribution in [3.63, 3.8) is 0 Å². The Balaban J connectivity index is 1.52. The van der Waals surface area contributed by atoms with Crippen molar-refractivity contribution in [2.45, 2.75) is 44.4 Å². The highest BCUT2D eigenvalue weighted by Crippen LogP contribution is 2.28. The molecule has 0 aromatic heterocycles. The van der Waals surface area contributed by atoms with E-state index < -0.39 is 18.5 Å². The molecule has 1 N–H and O–H groups in total. The second-order valence-corrected chi connectivity index (χ2v) is 8.02. The predicted molar refractivity (Wildman–Crippen MR) is 100.0 cm³/mol. The number of amides is 1. The molecule has 2 fully saturated rings. The van der Waals surface area contributed by atoms with Gasteiger partial charge in [-0.3, -0.25) is 9.69 Å². The van der Waals surface area contributed by atoms with Gasteiger partial charge < -0.3 is 10.2 Å². The van der Waals surface area contributed by atoms with Crippen LogP contribution in [-0.4, -0.2) is 55.2 Å². The van der Waals surface area contributed by atoms with E-state index in [2.05, 4.69) is 5.32 Å². The summed E-state index contributed by atoms with van der Waals surface area (Å²) < 4.78 is 51.2. The van der Waals surface area contributed by atoms with E-state index in [1.54, 1.807) is 6.07 Å². The summed E-state index contributed by atoms with van der Waals surface area (Å²) in [4.78, 5) is 15.7. The minimum Gasteiger partial charge on any atom is -0.311 e. The fourth-order valence-electron chi connectivity index (χ4n) is 4.06. The van der Waals surface area contributed by atoms with E-state index in [1.807, 2.05) is 6.92 Å². The average Bonchev–Trinajstić information content (AvgIpc) is 2.97. The number of halogens is 5. The third-order valence-corrected chi connectivity index (χ3v) is 5.93. The summed E-state index contributed by atoms with van der Waals surface area (Å²) in [6.45, 7) is 2.40. The highest BCUT2D eigenvalue weighted by atomic mass is 35.5. The zero-order valence-electron chi connectivity index (χ0n) is 15.6. The van der Waals surface area contributed by atoms with Crippen molar-refractivity contribution < 1.29 is 22.4 Å². The summed E-state index contributed by atoms with van der Waals surface area (Å²) in [6.07, 6.45) is -2.24. The van der Waals surface area contributed by atoms with Crippen LogP contribution in [0.15, 0.2) is 18.2 Å². The molecular formula is C19H24ClF4N3O. The van der Waals surface area contributed by atoms with Crippen molar-refractivity contribution in [2.75, 3.05) is 31.1 Å². The number of likely N-dealkylation sites (tertiary alicyclic amines) is 1. The fraction of sp³-hybridized carbons (Fsp3) is 0.632. The van der Waals surface area contributed by atoms with E-state index in [4.69, 9.17) is 11.6 Å². The van der Waals surface area contributed by atoms with Crippen LogP contribution in [0.5, 0.6) is 0 Å². The first kappa shape index (κ1) is 21.3. The van der Waals surface area contributed by atoms with Crippen LogP contribution < -0.4 is 10.2 Å². The molecule has 2 aliphatic heterocycles. The van der Waals surface area contributed by atoms with Crippen molar-refractivity contribution in [1.82, 2.24) is 10.2 Å². The molecule has 0 saturated carbocycles. The van der Waals surface area contributed by atoms with Crippen LogP contribution in [-0.2, 0) is 4.79 Å². The van der Waals surface area contributed by atoms with E-state index in [9.17, 15) is 22.4 Å². The molecular weight excluding hydrogens is 398 g/mol. The van der Waals surface area contributed by atoms with Gasteiger partial charge in [-0.15, -0.1) is 0 Å². The zero-order valence-corrected chi connectivity index (χ0v) is 16.4. The highest BCUT2D eigenvalue weighted by molar-refractivity contribution is 6.30. The lowest BCUT2D eigenvalue weighted by atomic mass is 9.89. The van der Waals surface area contributed by atoms with E-state index in [0.29, 0.717) is 44.6 Å². The van der Waals surface area contributed by atoms with Gasteiger partial charge >= 0.3 is 6.18 Å². The first-order valence-electron chi connectivity index (χ1n) is 9.45. The smallest absolute Gasteiger partial charge is 0.311 e. The van der Waals surface area contributed by atoms with Gasteiger partial charge in [0.25, 0.3) is 0 Å². The number of carbonyl (C=O) groups excluding carboxylic acids is 1. The Kier molecular flexibility index (Phi) is 6.51. The zero-order chi connectivity index (χ0) is 20.5. The van der Waals surface area contributed by atoms with Crippen LogP contribution >= 0.6 is 11.6 Å². The number of hydrogen-bond acceptors (Lipinski definition) is 3. The molecule has 0 spiro atoms. The number of rotatable bonds is 5. The summed E-state index contributed by atoms with van der Waals surface area (Å²) in [6, 6.07) is 3.94. The molecule has 2 heterocycles. The van der Waals surface area contributed by atoms with Gasteiger partial charge in [0.15, 0.2) is 0 Å². The standard InChI is InChI=1S/C19H24ClF4N3O/c1-12(13-4-7-26(8-5-13)11-19(22,23)24)25-17-6-9-27(18(17)28)14-2-3-15(20)16(21)10-14/h2-3,10,12-13,17,25H,4-9,11H2,1H3/t12-,17+/m1/s1. The Morgan fingerprint density at radius 2 is 1.89 bits per heavy atom. The first-order chi connectivity index (χ1) is 13.1. The minimum atomic E-state index is -4.17. The van der Waals surface area contributed by atoms with E-state index in [1.165, 1.54) is 21.9 Å². The lowest BCUT2D eigenvalue weighted by molar-refractivity contribution is -0.148. The largest absolute Gasteiger partial charge is 0.401 e. The number of nitrogens with zero attached hydrogens (tertiary/aromatic N) is 2. The molecule has 0 unspecified atom stereocenters. The summed E-state index contributed by atoms with van der Waals surface area (Å²) in [5.74, 6) is -0.468. The Morgan fingerprint density at radius 1 is 1.21 bits per heavy atom. The molecule has 1 aromatic carbocycles.